The minimum absolute atomic E-state index is 0.194. The molecule has 0 spiro atoms. The zero-order valence-electron chi connectivity index (χ0n) is 10.5. The topological polar surface area (TPSA) is 17.8 Å². The lowest BCUT2D eigenvalue weighted by Crippen LogP contribution is -2.39. The summed E-state index contributed by atoms with van der Waals surface area (Å²) in [4.78, 5) is 0. The molecule has 1 aromatic rings. The van der Waals surface area contributed by atoms with Gasteiger partial charge in [0.05, 0.1) is 0 Å². The first-order chi connectivity index (χ1) is 6.12. The fourth-order valence-electron chi connectivity index (χ4n) is 1.54. The minimum atomic E-state index is -1.25. The third-order valence-electron chi connectivity index (χ3n) is 2.42. The van der Waals surface area contributed by atoms with Crippen molar-refractivity contribution in [2.75, 3.05) is 0 Å². The van der Waals surface area contributed by atoms with Gasteiger partial charge in [-0.15, -0.1) is 0 Å². The van der Waals surface area contributed by atoms with Crippen LogP contribution in [0.25, 0.3) is 0 Å². The molecule has 0 aliphatic rings. The Hall–Kier alpha value is -0.573. The third-order valence-corrected chi connectivity index (χ3v) is 4.20. The Labute approximate surface area is 88.3 Å². The molecule has 0 bridgehead atoms. The van der Waals surface area contributed by atoms with Crippen molar-refractivity contribution in [3.63, 3.8) is 0 Å². The van der Waals surface area contributed by atoms with E-state index in [0.29, 0.717) is 0 Å². The molecule has 0 aromatic carbocycles. The van der Waals surface area contributed by atoms with Crippen LogP contribution < -0.4 is 5.32 Å². The summed E-state index contributed by atoms with van der Waals surface area (Å²) in [6, 6.07) is 2.28. The Morgan fingerprint density at radius 2 is 1.71 bits per heavy atom. The largest absolute Gasteiger partial charge is 0.272 e. The summed E-state index contributed by atoms with van der Waals surface area (Å²) in [7, 11) is 0.791. The van der Waals surface area contributed by atoms with Crippen LogP contribution >= 0.6 is 0 Å². The lowest BCUT2D eigenvalue weighted by atomic mass is 9.92. The van der Waals surface area contributed by atoms with Gasteiger partial charge in [-0.3, -0.25) is 4.68 Å². The monoisotopic (exact) mass is 210 g/mol. The lowest BCUT2D eigenvalue weighted by Gasteiger charge is -2.18. The van der Waals surface area contributed by atoms with Crippen molar-refractivity contribution in [1.29, 1.82) is 0 Å². The number of hydrogen-bond donors (Lipinski definition) is 0. The summed E-state index contributed by atoms with van der Waals surface area (Å²) in [5.74, 6) is 0. The average molecular weight is 210 g/mol. The smallest absolute Gasteiger partial charge is 0.104 e. The highest BCUT2D eigenvalue weighted by molar-refractivity contribution is 6.88. The third kappa shape index (κ3) is 2.26. The number of rotatable bonds is 1. The number of aryl methyl sites for hydroxylation is 1. The van der Waals surface area contributed by atoms with Crippen molar-refractivity contribution in [1.82, 2.24) is 9.78 Å². The predicted octanol–water partition coefficient (Wildman–Crippen LogP) is 2.26. The maximum Gasteiger partial charge on any atom is 0.104 e. The van der Waals surface area contributed by atoms with E-state index in [1.807, 2.05) is 11.7 Å². The van der Waals surface area contributed by atoms with Crippen molar-refractivity contribution in [3.05, 3.63) is 11.8 Å². The van der Waals surface area contributed by atoms with Gasteiger partial charge in [-0.2, -0.15) is 5.10 Å². The molecule has 0 saturated heterocycles. The molecule has 14 heavy (non-hydrogen) atoms. The SMILES string of the molecule is Cn1nc([Si](C)(C)C)cc1C(C)(C)C. The zero-order chi connectivity index (χ0) is 11.1. The van der Waals surface area contributed by atoms with Gasteiger partial charge in [0.15, 0.2) is 0 Å². The van der Waals surface area contributed by atoms with Gasteiger partial charge in [-0.25, -0.2) is 0 Å². The Morgan fingerprint density at radius 1 is 1.21 bits per heavy atom. The standard InChI is InChI=1S/C11H22N2Si/c1-11(2,3)9-8-10(12-13(9)4)14(5,6)7/h8H,1-7H3. The van der Waals surface area contributed by atoms with Crippen molar-refractivity contribution in [3.8, 4) is 0 Å². The summed E-state index contributed by atoms with van der Waals surface area (Å²) in [5.41, 5.74) is 1.52. The summed E-state index contributed by atoms with van der Waals surface area (Å²) >= 11 is 0. The first kappa shape index (κ1) is 11.5. The fraction of sp³-hybridized carbons (Fsp3) is 0.727. The maximum absolute atomic E-state index is 4.63. The Kier molecular flexibility index (Phi) is 2.65. The van der Waals surface area contributed by atoms with Crippen LogP contribution in [0.1, 0.15) is 26.5 Å². The Bertz CT molecular complexity index is 326. The molecule has 3 heteroatoms. The molecule has 0 atom stereocenters. The van der Waals surface area contributed by atoms with Gasteiger partial charge in [0.1, 0.15) is 8.07 Å². The van der Waals surface area contributed by atoms with Crippen molar-refractivity contribution in [2.45, 2.75) is 45.8 Å². The van der Waals surface area contributed by atoms with Gasteiger partial charge < -0.3 is 0 Å². The molecule has 0 aliphatic carbocycles. The summed E-state index contributed by atoms with van der Waals surface area (Å²) in [6.07, 6.45) is 0. The minimum Gasteiger partial charge on any atom is -0.272 e. The van der Waals surface area contributed by atoms with Crippen LogP contribution in [0, 0.1) is 0 Å². The van der Waals surface area contributed by atoms with Crippen LogP contribution in [0.2, 0.25) is 19.6 Å². The van der Waals surface area contributed by atoms with Crippen molar-refractivity contribution in [2.24, 2.45) is 7.05 Å². The molecule has 1 aromatic heterocycles. The maximum atomic E-state index is 4.63. The van der Waals surface area contributed by atoms with Crippen molar-refractivity contribution >= 4 is 13.4 Å². The molecule has 1 heterocycles. The highest BCUT2D eigenvalue weighted by Crippen LogP contribution is 2.20. The molecule has 0 N–H and O–H groups in total. The molecule has 80 valence electrons. The van der Waals surface area contributed by atoms with Crippen LogP contribution in [0.5, 0.6) is 0 Å². The quantitative estimate of drug-likeness (QED) is 0.650. The van der Waals surface area contributed by atoms with E-state index in [-0.39, 0.29) is 5.41 Å². The molecule has 0 aliphatic heterocycles. The molecule has 0 fully saturated rings. The Balaban J connectivity index is 3.19. The molecular formula is C11H22N2Si. The molecule has 0 radical (unpaired) electrons. The first-order valence-electron chi connectivity index (χ1n) is 5.17. The first-order valence-corrected chi connectivity index (χ1v) is 8.67. The van der Waals surface area contributed by atoms with E-state index in [0.717, 1.165) is 0 Å². The van der Waals surface area contributed by atoms with Gasteiger partial charge in [-0.1, -0.05) is 40.4 Å². The van der Waals surface area contributed by atoms with Gasteiger partial charge in [0, 0.05) is 23.5 Å². The second-order valence-electron chi connectivity index (χ2n) is 6.04. The number of nitrogens with zero attached hydrogens (tertiary/aromatic N) is 2. The zero-order valence-corrected chi connectivity index (χ0v) is 11.5. The average Bonchev–Trinajstić information content (AvgIpc) is 2.27. The molecule has 1 rings (SSSR count). The summed E-state index contributed by atoms with van der Waals surface area (Å²) in [5, 5.41) is 5.94. The number of aromatic nitrogens is 2. The van der Waals surface area contributed by atoms with Gasteiger partial charge in [0.25, 0.3) is 0 Å². The van der Waals surface area contributed by atoms with Crippen LogP contribution in [0.3, 0.4) is 0 Å². The summed E-state index contributed by atoms with van der Waals surface area (Å²) < 4.78 is 2.04. The highest BCUT2D eigenvalue weighted by Gasteiger charge is 2.25. The van der Waals surface area contributed by atoms with Crippen LogP contribution in [0.15, 0.2) is 6.07 Å². The second kappa shape index (κ2) is 3.23. The normalized spacial score (nSPS) is 13.4. The molecular weight excluding hydrogens is 188 g/mol. The summed E-state index contributed by atoms with van der Waals surface area (Å²) in [6.45, 7) is 13.7. The fourth-order valence-corrected chi connectivity index (χ4v) is 2.56. The lowest BCUT2D eigenvalue weighted by molar-refractivity contribution is 0.523. The van der Waals surface area contributed by atoms with Gasteiger partial charge in [-0.05, 0) is 6.07 Å². The second-order valence-corrected chi connectivity index (χ2v) is 11.1. The molecule has 0 amide bonds. The molecule has 0 unspecified atom stereocenters. The van der Waals surface area contributed by atoms with E-state index >= 15 is 0 Å². The van der Waals surface area contributed by atoms with E-state index in [2.05, 4.69) is 51.6 Å². The highest BCUT2D eigenvalue weighted by atomic mass is 28.3. The van der Waals surface area contributed by atoms with Crippen LogP contribution in [0.4, 0.5) is 0 Å². The Morgan fingerprint density at radius 3 is 1.93 bits per heavy atom. The molecule has 0 saturated carbocycles. The van der Waals surface area contributed by atoms with Crippen molar-refractivity contribution < 1.29 is 0 Å². The van der Waals surface area contributed by atoms with Gasteiger partial charge >= 0.3 is 0 Å². The number of hydrogen-bond acceptors (Lipinski definition) is 1. The van der Waals surface area contributed by atoms with Gasteiger partial charge in [0.2, 0.25) is 0 Å². The predicted molar refractivity (Wildman–Crippen MR) is 64.9 cm³/mol. The van der Waals surface area contributed by atoms with E-state index < -0.39 is 8.07 Å². The van der Waals surface area contributed by atoms with E-state index in [1.54, 1.807) is 0 Å². The molecule has 2 nitrogen and oxygen atoms in total. The van der Waals surface area contributed by atoms with E-state index in [4.69, 9.17) is 0 Å². The van der Waals surface area contributed by atoms with Crippen LogP contribution in [-0.2, 0) is 12.5 Å². The van der Waals surface area contributed by atoms with Crippen LogP contribution in [-0.4, -0.2) is 17.9 Å². The van der Waals surface area contributed by atoms with E-state index in [1.165, 1.54) is 11.0 Å². The van der Waals surface area contributed by atoms with E-state index in [9.17, 15) is 0 Å².